The van der Waals surface area contributed by atoms with Crippen molar-refractivity contribution < 1.29 is 53.4 Å². The normalized spacial score (nSPS) is 19.5. The molecule has 1 aliphatic heterocycles. The quantitative estimate of drug-likeness (QED) is 0.339. The van der Waals surface area contributed by atoms with Gasteiger partial charge in [-0.15, -0.1) is 0 Å². The van der Waals surface area contributed by atoms with Gasteiger partial charge in [0, 0.05) is 34.9 Å². The van der Waals surface area contributed by atoms with Crippen molar-refractivity contribution in [2.24, 2.45) is 5.16 Å². The number of carbonyl (C=O) groups is 1. The number of rotatable bonds is 7. The third kappa shape index (κ3) is 6.82. The van der Waals surface area contributed by atoms with Crippen molar-refractivity contribution in [1.82, 2.24) is 5.32 Å². The van der Waals surface area contributed by atoms with E-state index >= 15 is 0 Å². The van der Waals surface area contributed by atoms with Gasteiger partial charge in [-0.05, 0) is 29.8 Å². The molecule has 0 aromatic heterocycles. The molecule has 0 fully saturated rings. The second-order valence-electron chi connectivity index (χ2n) is 8.75. The van der Waals surface area contributed by atoms with E-state index in [9.17, 15) is 48.5 Å². The molecule has 1 heterocycles. The van der Waals surface area contributed by atoms with Gasteiger partial charge in [-0.1, -0.05) is 35.8 Å². The van der Waals surface area contributed by atoms with Gasteiger partial charge in [0.25, 0.3) is 5.60 Å². The minimum Gasteiger partial charge on any atom is -0.374 e. The van der Waals surface area contributed by atoms with Crippen molar-refractivity contribution in [1.29, 1.82) is 4.78 Å². The van der Waals surface area contributed by atoms with Crippen LogP contribution in [0.2, 0.25) is 5.02 Å². The first-order chi connectivity index (χ1) is 18.2. The van der Waals surface area contributed by atoms with Crippen molar-refractivity contribution in [3.8, 4) is 0 Å². The Morgan fingerprint density at radius 1 is 1.05 bits per heavy atom. The largest absolute Gasteiger partial charge is 0.435 e. The first kappa shape index (κ1) is 31.5. The predicted molar refractivity (Wildman–Crippen MR) is 126 cm³/mol. The zero-order valence-electron chi connectivity index (χ0n) is 20.2. The summed E-state index contributed by atoms with van der Waals surface area (Å²) in [4.78, 5) is 16.5. The molecule has 40 heavy (non-hydrogen) atoms. The van der Waals surface area contributed by atoms with Gasteiger partial charge < -0.3 is 10.2 Å². The van der Waals surface area contributed by atoms with Crippen LogP contribution in [0.1, 0.15) is 41.2 Å². The van der Waals surface area contributed by atoms with Crippen molar-refractivity contribution in [3.63, 3.8) is 0 Å². The first-order valence-corrected chi connectivity index (χ1v) is 13.4. The molecule has 2 aromatic carbocycles. The molecule has 17 heteroatoms. The Morgan fingerprint density at radius 3 is 2.10 bits per heavy atom. The summed E-state index contributed by atoms with van der Waals surface area (Å²) in [7, 11) is -3.11. The lowest BCUT2D eigenvalue weighted by Crippen LogP contribution is -2.43. The van der Waals surface area contributed by atoms with Crippen LogP contribution in [0.5, 0.6) is 0 Å². The molecule has 1 aliphatic rings. The van der Waals surface area contributed by atoms with Gasteiger partial charge in [0.2, 0.25) is 5.91 Å². The molecular formula is C23H19ClF9N3O3S. The van der Waals surface area contributed by atoms with Crippen LogP contribution in [0, 0.1) is 4.78 Å². The molecule has 1 amide bonds. The Morgan fingerprint density at radius 2 is 1.62 bits per heavy atom. The molecule has 0 aliphatic carbocycles. The van der Waals surface area contributed by atoms with Gasteiger partial charge >= 0.3 is 18.5 Å². The molecule has 3 rings (SSSR count). The molecular weight excluding hydrogens is 605 g/mol. The summed E-state index contributed by atoms with van der Waals surface area (Å²) in [6.07, 6.45) is -17.5. The average molecular weight is 624 g/mol. The van der Waals surface area contributed by atoms with E-state index < -0.39 is 74.3 Å². The van der Waals surface area contributed by atoms with Gasteiger partial charge in [0.1, 0.15) is 5.75 Å². The molecule has 220 valence electrons. The highest BCUT2D eigenvalue weighted by molar-refractivity contribution is 7.93. The van der Waals surface area contributed by atoms with Crippen molar-refractivity contribution in [3.05, 3.63) is 69.2 Å². The van der Waals surface area contributed by atoms with Crippen molar-refractivity contribution >= 4 is 32.9 Å². The molecule has 0 saturated heterocycles. The Bertz CT molecular complexity index is 1410. The van der Waals surface area contributed by atoms with Gasteiger partial charge in [-0.3, -0.25) is 9.57 Å². The third-order valence-corrected chi connectivity index (χ3v) is 7.95. The molecule has 2 unspecified atom stereocenters. The van der Waals surface area contributed by atoms with Gasteiger partial charge in [-0.25, -0.2) is 4.21 Å². The lowest BCUT2D eigenvalue weighted by Gasteiger charge is -2.30. The number of nitrogens with zero attached hydrogens (tertiary/aromatic N) is 1. The molecule has 0 saturated carbocycles. The number of alkyl halides is 9. The van der Waals surface area contributed by atoms with Crippen LogP contribution in [-0.4, -0.2) is 33.5 Å². The summed E-state index contributed by atoms with van der Waals surface area (Å²) in [6, 6.07) is 3.21. The summed E-state index contributed by atoms with van der Waals surface area (Å²) in [5, 5.41) is 5.65. The number of hydrogen-bond acceptors (Lipinski definition) is 5. The van der Waals surface area contributed by atoms with Crippen molar-refractivity contribution in [2.45, 2.75) is 44.0 Å². The first-order valence-electron chi connectivity index (χ1n) is 11.1. The summed E-state index contributed by atoms with van der Waals surface area (Å²) < 4.78 is 142. The van der Waals surface area contributed by atoms with E-state index in [4.69, 9.17) is 16.4 Å². The van der Waals surface area contributed by atoms with Crippen LogP contribution < -0.4 is 5.32 Å². The molecule has 6 nitrogen and oxygen atoms in total. The lowest BCUT2D eigenvalue weighted by molar-refractivity contribution is -0.276. The Kier molecular flexibility index (Phi) is 8.48. The van der Waals surface area contributed by atoms with Crippen molar-refractivity contribution in [2.75, 3.05) is 11.5 Å². The van der Waals surface area contributed by atoms with E-state index in [0.29, 0.717) is 0 Å². The zero-order chi connectivity index (χ0) is 30.3. The maximum atomic E-state index is 14.2. The van der Waals surface area contributed by atoms with Crippen LogP contribution >= 0.6 is 11.6 Å². The number of benzene rings is 2. The SMILES string of the molecule is CCS(=N)(=O)CC(=O)NCc1ccc(C2=NOC(c3cc(C(F)(F)F)cc(C(F)(F)F)c3)(C(F)(F)F)C2)cc1Cl. The number of hydrogen-bond donors (Lipinski definition) is 2. The fourth-order valence-corrected chi connectivity index (χ4v) is 4.65. The topological polar surface area (TPSA) is 91.6 Å². The fourth-order valence-electron chi connectivity index (χ4n) is 3.68. The lowest BCUT2D eigenvalue weighted by atomic mass is 9.84. The van der Waals surface area contributed by atoms with Crippen LogP contribution in [0.3, 0.4) is 0 Å². The molecule has 2 aromatic rings. The van der Waals surface area contributed by atoms with Crippen LogP contribution in [0.4, 0.5) is 39.5 Å². The summed E-state index contributed by atoms with van der Waals surface area (Å²) in [5.74, 6) is -1.31. The highest BCUT2D eigenvalue weighted by Crippen LogP contribution is 2.51. The number of halogens is 10. The standard InChI is InChI=1S/C23H19ClF9N3O3S/c1-2-40(34,38)11-19(37)35-10-13-4-3-12(5-17(13)24)18-9-20(39-36-18,23(31,32)33)14-6-15(21(25,26)27)8-16(7-14)22(28,29)30/h3-8,34H,2,9-11H2,1H3,(H,35,37). The highest BCUT2D eigenvalue weighted by atomic mass is 35.5. The van der Waals surface area contributed by atoms with Gasteiger partial charge in [-0.2, -0.15) is 39.5 Å². The van der Waals surface area contributed by atoms with E-state index in [1.807, 2.05) is 0 Å². The predicted octanol–water partition coefficient (Wildman–Crippen LogP) is 6.64. The van der Waals surface area contributed by atoms with Gasteiger partial charge in [0.05, 0.1) is 26.6 Å². The maximum Gasteiger partial charge on any atom is 0.435 e. The Balaban J connectivity index is 1.92. The molecule has 0 radical (unpaired) electrons. The minimum atomic E-state index is -5.49. The van der Waals surface area contributed by atoms with Gasteiger partial charge in [0.15, 0.2) is 0 Å². The number of amides is 1. The van der Waals surface area contributed by atoms with Crippen LogP contribution in [-0.2, 0) is 43.9 Å². The summed E-state index contributed by atoms with van der Waals surface area (Å²) in [5.41, 5.74) is -9.27. The van der Waals surface area contributed by atoms with Crippen LogP contribution in [0.15, 0.2) is 41.6 Å². The van der Waals surface area contributed by atoms with E-state index in [-0.39, 0.29) is 46.6 Å². The number of carbonyl (C=O) groups excluding carboxylic acids is 1. The average Bonchev–Trinajstić information content (AvgIpc) is 3.29. The highest BCUT2D eigenvalue weighted by Gasteiger charge is 2.63. The Labute approximate surface area is 226 Å². The van der Waals surface area contributed by atoms with E-state index in [1.54, 1.807) is 0 Å². The Hall–Kier alpha value is -3.01. The monoisotopic (exact) mass is 623 g/mol. The maximum absolute atomic E-state index is 14.2. The van der Waals surface area contributed by atoms with E-state index in [2.05, 4.69) is 15.3 Å². The second-order valence-corrected chi connectivity index (χ2v) is 11.7. The third-order valence-electron chi connectivity index (χ3n) is 5.93. The number of nitrogens with one attached hydrogen (secondary N) is 2. The van der Waals surface area contributed by atoms with E-state index in [0.717, 1.165) is 6.07 Å². The molecule has 2 N–H and O–H groups in total. The fraction of sp³-hybridized carbons (Fsp3) is 0.391. The smallest absolute Gasteiger partial charge is 0.374 e. The minimum absolute atomic E-state index is 0.0442. The molecule has 0 bridgehead atoms. The molecule has 0 spiro atoms. The zero-order valence-corrected chi connectivity index (χ0v) is 21.7. The second kappa shape index (κ2) is 10.8. The van der Waals surface area contributed by atoms with E-state index in [1.165, 1.54) is 19.1 Å². The van der Waals surface area contributed by atoms with Crippen LogP contribution in [0.25, 0.3) is 0 Å². The summed E-state index contributed by atoms with van der Waals surface area (Å²) >= 11 is 6.16. The number of oxime groups is 1. The summed E-state index contributed by atoms with van der Waals surface area (Å²) in [6.45, 7) is 1.28. The molecule has 2 atom stereocenters.